The minimum Gasteiger partial charge on any atom is -0.508 e. The minimum absolute atomic E-state index is 0.181. The van der Waals surface area contributed by atoms with Crippen LogP contribution in [0.25, 0.3) is 0 Å². The van der Waals surface area contributed by atoms with Gasteiger partial charge in [-0.15, -0.1) is 0 Å². The van der Waals surface area contributed by atoms with Gasteiger partial charge in [-0.1, -0.05) is 23.7 Å². The zero-order valence-corrected chi connectivity index (χ0v) is 12.4. The fourth-order valence-electron chi connectivity index (χ4n) is 1.73. The predicted molar refractivity (Wildman–Crippen MR) is 80.0 cm³/mol. The number of benzene rings is 2. The van der Waals surface area contributed by atoms with Crippen LogP contribution in [0.3, 0.4) is 0 Å². The van der Waals surface area contributed by atoms with E-state index in [0.717, 1.165) is 11.8 Å². The van der Waals surface area contributed by atoms with Crippen molar-refractivity contribution in [1.29, 1.82) is 0 Å². The van der Waals surface area contributed by atoms with Crippen LogP contribution in [0.4, 0.5) is 5.69 Å². The van der Waals surface area contributed by atoms with Gasteiger partial charge in [-0.25, -0.2) is 8.42 Å². The van der Waals surface area contributed by atoms with Crippen LogP contribution in [0.2, 0.25) is 5.02 Å². The van der Waals surface area contributed by atoms with Crippen LogP contribution >= 0.6 is 11.6 Å². The van der Waals surface area contributed by atoms with Gasteiger partial charge < -0.3 is 10.4 Å². The number of halogens is 1. The molecule has 0 aliphatic carbocycles. The van der Waals surface area contributed by atoms with Crippen molar-refractivity contribution in [1.82, 2.24) is 0 Å². The van der Waals surface area contributed by atoms with E-state index in [1.807, 2.05) is 6.07 Å². The van der Waals surface area contributed by atoms with Crippen molar-refractivity contribution in [2.24, 2.45) is 0 Å². The van der Waals surface area contributed by atoms with E-state index in [-0.39, 0.29) is 10.6 Å². The molecule has 0 amide bonds. The second-order valence-corrected chi connectivity index (χ2v) is 6.86. The number of phenolic OH excluding ortho intramolecular Hbond substituents is 1. The zero-order valence-electron chi connectivity index (χ0n) is 10.8. The van der Waals surface area contributed by atoms with Crippen molar-refractivity contribution in [3.05, 3.63) is 53.1 Å². The van der Waals surface area contributed by atoms with Crippen molar-refractivity contribution in [2.45, 2.75) is 11.4 Å². The summed E-state index contributed by atoms with van der Waals surface area (Å²) >= 11 is 6.04. The third-order valence-electron chi connectivity index (χ3n) is 2.76. The molecule has 4 nitrogen and oxygen atoms in total. The first-order chi connectivity index (χ1) is 9.36. The average molecular weight is 312 g/mol. The molecule has 0 unspecified atom stereocenters. The van der Waals surface area contributed by atoms with Crippen LogP contribution in [-0.2, 0) is 16.4 Å². The van der Waals surface area contributed by atoms with Crippen LogP contribution in [-0.4, -0.2) is 19.8 Å². The molecule has 2 rings (SSSR count). The van der Waals surface area contributed by atoms with Crippen molar-refractivity contribution in [2.75, 3.05) is 11.6 Å². The largest absolute Gasteiger partial charge is 0.508 e. The van der Waals surface area contributed by atoms with Crippen molar-refractivity contribution >= 4 is 27.1 Å². The van der Waals surface area contributed by atoms with Gasteiger partial charge in [0, 0.05) is 12.8 Å². The molecule has 0 aromatic heterocycles. The lowest BCUT2D eigenvalue weighted by Gasteiger charge is -2.10. The number of phenols is 1. The summed E-state index contributed by atoms with van der Waals surface area (Å²) < 4.78 is 23.0. The highest BCUT2D eigenvalue weighted by molar-refractivity contribution is 7.90. The topological polar surface area (TPSA) is 66.4 Å². The molecule has 0 aliphatic rings. The van der Waals surface area contributed by atoms with Gasteiger partial charge in [0.2, 0.25) is 0 Å². The first-order valence-electron chi connectivity index (χ1n) is 5.87. The molecule has 0 aliphatic heterocycles. The van der Waals surface area contributed by atoms with Gasteiger partial charge in [0.15, 0.2) is 9.84 Å². The number of rotatable bonds is 4. The summed E-state index contributed by atoms with van der Waals surface area (Å²) in [5.74, 6) is 0.181. The van der Waals surface area contributed by atoms with Gasteiger partial charge in [-0.05, 0) is 35.9 Å². The molecular formula is C14H14ClNO3S. The maximum Gasteiger partial charge on any atom is 0.175 e. The highest BCUT2D eigenvalue weighted by Crippen LogP contribution is 2.26. The fraction of sp³-hybridized carbons (Fsp3) is 0.143. The monoisotopic (exact) mass is 311 g/mol. The Morgan fingerprint density at radius 1 is 1.20 bits per heavy atom. The molecule has 0 saturated heterocycles. The molecule has 0 radical (unpaired) electrons. The molecule has 2 N–H and O–H groups in total. The molecule has 2 aromatic carbocycles. The van der Waals surface area contributed by atoms with E-state index in [9.17, 15) is 13.5 Å². The highest BCUT2D eigenvalue weighted by atomic mass is 35.5. The van der Waals surface area contributed by atoms with Crippen LogP contribution < -0.4 is 5.32 Å². The Hall–Kier alpha value is -1.72. The van der Waals surface area contributed by atoms with E-state index in [2.05, 4.69) is 5.32 Å². The van der Waals surface area contributed by atoms with Gasteiger partial charge in [0.05, 0.1) is 15.6 Å². The summed E-state index contributed by atoms with van der Waals surface area (Å²) in [5, 5.41) is 12.9. The SMILES string of the molecule is CS(=O)(=O)c1ccc(Cl)c(NCc2cccc(O)c2)c1. The number of hydrogen-bond donors (Lipinski definition) is 2. The molecular weight excluding hydrogens is 298 g/mol. The Bertz CT molecular complexity index is 729. The van der Waals surface area contributed by atoms with Gasteiger partial charge in [0.1, 0.15) is 5.75 Å². The Balaban J connectivity index is 2.21. The minimum atomic E-state index is -3.27. The van der Waals surface area contributed by atoms with Crippen LogP contribution in [0, 0.1) is 0 Å². The molecule has 0 heterocycles. The van der Waals surface area contributed by atoms with E-state index >= 15 is 0 Å². The molecule has 106 valence electrons. The van der Waals surface area contributed by atoms with Gasteiger partial charge >= 0.3 is 0 Å². The van der Waals surface area contributed by atoms with Crippen LogP contribution in [0.15, 0.2) is 47.4 Å². The lowest BCUT2D eigenvalue weighted by molar-refractivity contribution is 0.474. The second kappa shape index (κ2) is 5.73. The van der Waals surface area contributed by atoms with E-state index < -0.39 is 9.84 Å². The van der Waals surface area contributed by atoms with E-state index in [1.165, 1.54) is 12.1 Å². The van der Waals surface area contributed by atoms with Crippen LogP contribution in [0.1, 0.15) is 5.56 Å². The molecule has 2 aromatic rings. The number of nitrogens with one attached hydrogen (secondary N) is 1. The lowest BCUT2D eigenvalue weighted by Crippen LogP contribution is -2.02. The maximum absolute atomic E-state index is 11.5. The predicted octanol–water partition coefficient (Wildman–Crippen LogP) is 3.06. The summed E-state index contributed by atoms with van der Waals surface area (Å²) in [7, 11) is -3.27. The first kappa shape index (κ1) is 14.7. The van der Waals surface area contributed by atoms with Gasteiger partial charge in [0.25, 0.3) is 0 Å². The van der Waals surface area contributed by atoms with Crippen molar-refractivity contribution in [3.8, 4) is 5.75 Å². The van der Waals surface area contributed by atoms with Crippen LogP contribution in [0.5, 0.6) is 5.75 Å². The second-order valence-electron chi connectivity index (χ2n) is 4.44. The Kier molecular flexibility index (Phi) is 4.20. The number of sulfone groups is 1. The number of aromatic hydroxyl groups is 1. The lowest BCUT2D eigenvalue weighted by atomic mass is 10.2. The summed E-state index contributed by atoms with van der Waals surface area (Å²) in [4.78, 5) is 0.209. The molecule has 0 saturated carbocycles. The summed E-state index contributed by atoms with van der Waals surface area (Å²) in [6.07, 6.45) is 1.15. The van der Waals surface area contributed by atoms with E-state index in [4.69, 9.17) is 11.6 Å². The average Bonchev–Trinajstić information content (AvgIpc) is 2.36. The van der Waals surface area contributed by atoms with Crippen molar-refractivity contribution < 1.29 is 13.5 Å². The molecule has 0 atom stereocenters. The van der Waals surface area contributed by atoms with Gasteiger partial charge in [-0.3, -0.25) is 0 Å². The number of anilines is 1. The molecule has 0 spiro atoms. The maximum atomic E-state index is 11.5. The fourth-order valence-corrected chi connectivity index (χ4v) is 2.57. The summed E-state index contributed by atoms with van der Waals surface area (Å²) in [6.45, 7) is 0.432. The molecule has 20 heavy (non-hydrogen) atoms. The standard InChI is InChI=1S/C14H14ClNO3S/c1-20(18,19)12-5-6-13(15)14(8-12)16-9-10-3-2-4-11(17)7-10/h2-8,16-17H,9H2,1H3. The number of hydrogen-bond acceptors (Lipinski definition) is 4. The highest BCUT2D eigenvalue weighted by Gasteiger charge is 2.10. The summed E-state index contributed by atoms with van der Waals surface area (Å²) in [5.41, 5.74) is 1.41. The molecule has 0 fully saturated rings. The summed E-state index contributed by atoms with van der Waals surface area (Å²) in [6, 6.07) is 11.3. The third kappa shape index (κ3) is 3.65. The smallest absolute Gasteiger partial charge is 0.175 e. The third-order valence-corrected chi connectivity index (χ3v) is 4.20. The van der Waals surface area contributed by atoms with Crippen molar-refractivity contribution in [3.63, 3.8) is 0 Å². The Labute approximate surface area is 122 Å². The quantitative estimate of drug-likeness (QED) is 0.910. The van der Waals surface area contributed by atoms with E-state index in [1.54, 1.807) is 24.3 Å². The normalized spacial score (nSPS) is 11.3. The molecule has 6 heteroatoms. The van der Waals surface area contributed by atoms with E-state index in [0.29, 0.717) is 17.3 Å². The first-order valence-corrected chi connectivity index (χ1v) is 8.14. The van der Waals surface area contributed by atoms with Gasteiger partial charge in [-0.2, -0.15) is 0 Å². The zero-order chi connectivity index (χ0) is 14.8. The molecule has 0 bridgehead atoms. The Morgan fingerprint density at radius 3 is 2.60 bits per heavy atom. The Morgan fingerprint density at radius 2 is 1.95 bits per heavy atom.